The lowest BCUT2D eigenvalue weighted by atomic mass is 10.1. The van der Waals surface area contributed by atoms with Crippen molar-refractivity contribution in [3.8, 4) is 0 Å². The average Bonchev–Trinajstić information content (AvgIpc) is 2.78. The first kappa shape index (κ1) is 13.8. The van der Waals surface area contributed by atoms with Gasteiger partial charge in [0, 0.05) is 24.7 Å². The Morgan fingerprint density at radius 2 is 1.75 bits per heavy atom. The van der Waals surface area contributed by atoms with E-state index >= 15 is 0 Å². The Labute approximate surface area is 95.2 Å². The van der Waals surface area contributed by atoms with Gasteiger partial charge in [0.15, 0.2) is 0 Å². The van der Waals surface area contributed by atoms with Crippen LogP contribution in [0.5, 0.6) is 0 Å². The third kappa shape index (κ3) is 6.33. The van der Waals surface area contributed by atoms with Crippen molar-refractivity contribution in [1.82, 2.24) is 10.2 Å². The molecular weight excluding hydrogens is 217 g/mol. The fourth-order valence-electron chi connectivity index (χ4n) is 1.64. The number of hydrogen-bond donors (Lipinski definition) is 1. The summed E-state index contributed by atoms with van der Waals surface area (Å²) in [6.07, 6.45) is -2.26. The molecule has 0 heterocycles. The van der Waals surface area contributed by atoms with Crippen LogP contribution in [0.15, 0.2) is 0 Å². The molecule has 1 fully saturated rings. The quantitative estimate of drug-likeness (QED) is 0.791. The molecule has 2 nitrogen and oxygen atoms in total. The normalized spacial score (nSPS) is 18.2. The number of alkyl halides is 3. The van der Waals surface area contributed by atoms with E-state index in [9.17, 15) is 13.2 Å². The highest BCUT2D eigenvalue weighted by atomic mass is 19.4. The minimum atomic E-state index is -4.08. The summed E-state index contributed by atoms with van der Waals surface area (Å²) in [5.74, 6) is 0. The Kier molecular flexibility index (Phi) is 4.23. The van der Waals surface area contributed by atoms with Crippen LogP contribution in [0.4, 0.5) is 13.2 Å². The first-order valence-electron chi connectivity index (χ1n) is 5.73. The van der Waals surface area contributed by atoms with Gasteiger partial charge in [-0.25, -0.2) is 0 Å². The number of rotatable bonds is 5. The summed E-state index contributed by atoms with van der Waals surface area (Å²) in [6.45, 7) is 6.34. The Morgan fingerprint density at radius 1 is 1.19 bits per heavy atom. The topological polar surface area (TPSA) is 15.3 Å². The molecule has 0 unspecified atom stereocenters. The fraction of sp³-hybridized carbons (Fsp3) is 1.00. The van der Waals surface area contributed by atoms with Crippen LogP contribution < -0.4 is 5.32 Å². The van der Waals surface area contributed by atoms with Gasteiger partial charge in [0.25, 0.3) is 0 Å². The predicted octanol–water partition coefficient (Wildman–Crippen LogP) is 2.40. The van der Waals surface area contributed by atoms with Crippen LogP contribution in [-0.4, -0.2) is 42.3 Å². The summed E-state index contributed by atoms with van der Waals surface area (Å²) >= 11 is 0. The number of halogens is 3. The van der Waals surface area contributed by atoms with Crippen LogP contribution >= 0.6 is 0 Å². The largest absolute Gasteiger partial charge is 0.401 e. The van der Waals surface area contributed by atoms with E-state index < -0.39 is 12.7 Å². The molecule has 0 atom stereocenters. The molecule has 1 saturated carbocycles. The molecule has 0 aromatic heterocycles. The molecule has 5 heteroatoms. The molecule has 0 aromatic carbocycles. The van der Waals surface area contributed by atoms with Crippen LogP contribution in [-0.2, 0) is 0 Å². The van der Waals surface area contributed by atoms with Gasteiger partial charge in [-0.3, -0.25) is 4.90 Å². The standard InChI is InChI=1S/C11H21F3N2/c1-10(2,3)15-6-7-16(9-4-5-9)8-11(12,13)14/h9,15H,4-8H2,1-3H3. The lowest BCUT2D eigenvalue weighted by molar-refractivity contribution is -0.147. The first-order valence-corrected chi connectivity index (χ1v) is 5.73. The van der Waals surface area contributed by atoms with E-state index in [0.717, 1.165) is 12.8 Å². The third-order valence-electron chi connectivity index (χ3n) is 2.50. The highest BCUT2D eigenvalue weighted by Gasteiger charge is 2.37. The Hall–Kier alpha value is -0.290. The maximum Gasteiger partial charge on any atom is 0.401 e. The summed E-state index contributed by atoms with van der Waals surface area (Å²) in [5.41, 5.74) is -0.0343. The van der Waals surface area contributed by atoms with Gasteiger partial charge in [0.2, 0.25) is 0 Å². The van der Waals surface area contributed by atoms with E-state index in [1.54, 1.807) is 4.90 Å². The van der Waals surface area contributed by atoms with Crippen LogP contribution in [0.25, 0.3) is 0 Å². The maximum absolute atomic E-state index is 12.3. The lowest BCUT2D eigenvalue weighted by Crippen LogP contribution is -2.44. The maximum atomic E-state index is 12.3. The molecule has 0 radical (unpaired) electrons. The number of nitrogens with one attached hydrogen (secondary N) is 1. The van der Waals surface area contributed by atoms with Crippen molar-refractivity contribution in [2.24, 2.45) is 0 Å². The van der Waals surface area contributed by atoms with Gasteiger partial charge in [-0.2, -0.15) is 13.2 Å². The van der Waals surface area contributed by atoms with Gasteiger partial charge in [-0.05, 0) is 33.6 Å². The molecule has 96 valence electrons. The molecule has 0 amide bonds. The second-order valence-electron chi connectivity index (χ2n) is 5.49. The van der Waals surface area contributed by atoms with Crippen molar-refractivity contribution in [2.75, 3.05) is 19.6 Å². The molecule has 0 aliphatic heterocycles. The van der Waals surface area contributed by atoms with Crippen molar-refractivity contribution in [1.29, 1.82) is 0 Å². The van der Waals surface area contributed by atoms with Crippen molar-refractivity contribution in [2.45, 2.75) is 51.4 Å². The molecule has 1 N–H and O–H groups in total. The molecule has 1 aliphatic carbocycles. The van der Waals surface area contributed by atoms with E-state index in [1.807, 2.05) is 20.8 Å². The zero-order chi connectivity index (χ0) is 12.4. The minimum absolute atomic E-state index is 0.0343. The predicted molar refractivity (Wildman–Crippen MR) is 58.4 cm³/mol. The van der Waals surface area contributed by atoms with E-state index in [-0.39, 0.29) is 11.6 Å². The fourth-order valence-corrected chi connectivity index (χ4v) is 1.64. The molecule has 0 bridgehead atoms. The van der Waals surface area contributed by atoms with Crippen molar-refractivity contribution >= 4 is 0 Å². The summed E-state index contributed by atoms with van der Waals surface area (Å²) in [7, 11) is 0. The summed E-state index contributed by atoms with van der Waals surface area (Å²) < 4.78 is 36.9. The second kappa shape index (κ2) is 4.92. The van der Waals surface area contributed by atoms with Crippen LogP contribution in [0.1, 0.15) is 33.6 Å². The molecule has 0 aromatic rings. The van der Waals surface area contributed by atoms with Crippen molar-refractivity contribution in [3.05, 3.63) is 0 Å². The Bertz CT molecular complexity index is 216. The summed E-state index contributed by atoms with van der Waals surface area (Å²) in [6, 6.07) is 0.156. The van der Waals surface area contributed by atoms with Gasteiger partial charge in [-0.1, -0.05) is 0 Å². The number of nitrogens with zero attached hydrogens (tertiary/aromatic N) is 1. The molecule has 1 rings (SSSR count). The summed E-state index contributed by atoms with van der Waals surface area (Å²) in [4.78, 5) is 1.54. The van der Waals surface area contributed by atoms with Gasteiger partial charge in [-0.15, -0.1) is 0 Å². The van der Waals surface area contributed by atoms with Gasteiger partial charge in [0.1, 0.15) is 0 Å². The Balaban J connectivity index is 2.29. The summed E-state index contributed by atoms with van der Waals surface area (Å²) in [5, 5.41) is 3.21. The Morgan fingerprint density at radius 3 is 2.12 bits per heavy atom. The first-order chi connectivity index (χ1) is 7.17. The number of hydrogen-bond acceptors (Lipinski definition) is 2. The smallest absolute Gasteiger partial charge is 0.311 e. The lowest BCUT2D eigenvalue weighted by Gasteiger charge is -2.26. The van der Waals surface area contributed by atoms with Crippen LogP contribution in [0, 0.1) is 0 Å². The van der Waals surface area contributed by atoms with Gasteiger partial charge in [0.05, 0.1) is 6.54 Å². The second-order valence-corrected chi connectivity index (χ2v) is 5.49. The molecule has 0 saturated heterocycles. The highest BCUT2D eigenvalue weighted by molar-refractivity contribution is 4.86. The zero-order valence-corrected chi connectivity index (χ0v) is 10.2. The van der Waals surface area contributed by atoms with E-state index in [0.29, 0.717) is 13.1 Å². The third-order valence-corrected chi connectivity index (χ3v) is 2.50. The van der Waals surface area contributed by atoms with Gasteiger partial charge < -0.3 is 5.32 Å². The minimum Gasteiger partial charge on any atom is -0.311 e. The van der Waals surface area contributed by atoms with Crippen molar-refractivity contribution < 1.29 is 13.2 Å². The molecule has 1 aliphatic rings. The van der Waals surface area contributed by atoms with Crippen molar-refractivity contribution in [3.63, 3.8) is 0 Å². The highest BCUT2D eigenvalue weighted by Crippen LogP contribution is 2.29. The zero-order valence-electron chi connectivity index (χ0n) is 10.2. The molecular formula is C11H21F3N2. The van der Waals surface area contributed by atoms with Crippen LogP contribution in [0.3, 0.4) is 0 Å². The SMILES string of the molecule is CC(C)(C)NCCN(CC(F)(F)F)C1CC1. The van der Waals surface area contributed by atoms with Gasteiger partial charge >= 0.3 is 6.18 Å². The molecule has 16 heavy (non-hydrogen) atoms. The van der Waals surface area contributed by atoms with E-state index in [1.165, 1.54) is 0 Å². The van der Waals surface area contributed by atoms with E-state index in [4.69, 9.17) is 0 Å². The van der Waals surface area contributed by atoms with Crippen LogP contribution in [0.2, 0.25) is 0 Å². The van der Waals surface area contributed by atoms with E-state index in [2.05, 4.69) is 5.32 Å². The molecule has 0 spiro atoms. The monoisotopic (exact) mass is 238 g/mol. The average molecular weight is 238 g/mol.